The van der Waals surface area contributed by atoms with Gasteiger partial charge in [0.05, 0.1) is 0 Å². The van der Waals surface area contributed by atoms with Crippen LogP contribution in [0.25, 0.3) is 10.8 Å². The number of rotatable bonds is 3. The Morgan fingerprint density at radius 1 is 1.12 bits per heavy atom. The number of benzene rings is 2. The summed E-state index contributed by atoms with van der Waals surface area (Å²) < 4.78 is 0. The second-order valence-electron chi connectivity index (χ2n) is 3.67. The smallest absolute Gasteiger partial charge is 0.220 e. The third-order valence-corrected chi connectivity index (χ3v) is 2.58. The Bertz CT molecular complexity index is 500. The van der Waals surface area contributed by atoms with E-state index in [0.717, 1.165) is 5.56 Å². The van der Waals surface area contributed by atoms with Crippen LogP contribution < -0.4 is 5.32 Å². The molecule has 0 fully saturated rings. The van der Waals surface area contributed by atoms with E-state index in [9.17, 15) is 4.79 Å². The quantitative estimate of drug-likeness (QED) is 0.832. The molecule has 2 nitrogen and oxygen atoms in total. The summed E-state index contributed by atoms with van der Waals surface area (Å²) in [5, 5.41) is 5.23. The van der Waals surface area contributed by atoms with Crippen LogP contribution in [0.5, 0.6) is 0 Å². The largest absolute Gasteiger partial charge is 0.352 e. The summed E-state index contributed by atoms with van der Waals surface area (Å²) in [6.45, 7) is 4.11. The molecule has 0 atom stereocenters. The van der Waals surface area contributed by atoms with Crippen LogP contribution in [-0.2, 0) is 11.3 Å². The second kappa shape index (κ2) is 4.79. The van der Waals surface area contributed by atoms with E-state index in [2.05, 4.69) is 30.4 Å². The van der Waals surface area contributed by atoms with Crippen molar-refractivity contribution >= 4 is 16.7 Å². The zero-order valence-electron chi connectivity index (χ0n) is 9.07. The van der Waals surface area contributed by atoms with Gasteiger partial charge in [-0.2, -0.15) is 0 Å². The number of hydrogen-bond acceptors (Lipinski definition) is 1. The van der Waals surface area contributed by atoms with Crippen LogP contribution in [0.4, 0.5) is 0 Å². The SMILES string of the molecule is [CH2]CC(=O)NCc1cccc2ccccc12. The number of amides is 1. The van der Waals surface area contributed by atoms with E-state index < -0.39 is 0 Å². The fourth-order valence-electron chi connectivity index (χ4n) is 1.73. The van der Waals surface area contributed by atoms with Crippen LogP contribution in [0, 0.1) is 6.92 Å². The molecule has 1 amide bonds. The molecule has 0 saturated carbocycles. The van der Waals surface area contributed by atoms with Crippen molar-refractivity contribution in [3.05, 3.63) is 55.0 Å². The fourth-order valence-corrected chi connectivity index (χ4v) is 1.73. The fraction of sp³-hybridized carbons (Fsp3) is 0.143. The summed E-state index contributed by atoms with van der Waals surface area (Å²) in [5.41, 5.74) is 1.14. The summed E-state index contributed by atoms with van der Waals surface area (Å²) in [4.78, 5) is 11.1. The van der Waals surface area contributed by atoms with E-state index >= 15 is 0 Å². The van der Waals surface area contributed by atoms with Gasteiger partial charge in [0.15, 0.2) is 0 Å². The van der Waals surface area contributed by atoms with E-state index in [1.807, 2.05) is 24.3 Å². The average Bonchev–Trinajstić information content (AvgIpc) is 2.35. The Kier molecular flexibility index (Phi) is 3.20. The van der Waals surface area contributed by atoms with E-state index in [4.69, 9.17) is 0 Å². The molecule has 1 radical (unpaired) electrons. The summed E-state index contributed by atoms with van der Waals surface area (Å²) in [6.07, 6.45) is 0.283. The van der Waals surface area contributed by atoms with Crippen molar-refractivity contribution in [2.75, 3.05) is 0 Å². The molecule has 1 N–H and O–H groups in total. The molecule has 0 spiro atoms. The van der Waals surface area contributed by atoms with Crippen molar-refractivity contribution < 1.29 is 4.79 Å². The molecular weight excluding hydrogens is 198 g/mol. The number of carbonyl (C=O) groups is 1. The van der Waals surface area contributed by atoms with E-state index in [1.165, 1.54) is 10.8 Å². The lowest BCUT2D eigenvalue weighted by atomic mass is 10.0. The van der Waals surface area contributed by atoms with Gasteiger partial charge in [-0.15, -0.1) is 0 Å². The number of nitrogens with one attached hydrogen (secondary N) is 1. The first-order chi connectivity index (χ1) is 7.81. The Morgan fingerprint density at radius 3 is 2.69 bits per heavy atom. The molecule has 2 aromatic carbocycles. The summed E-state index contributed by atoms with van der Waals surface area (Å²) in [5.74, 6) is -0.0204. The van der Waals surface area contributed by atoms with Gasteiger partial charge in [-0.3, -0.25) is 4.79 Å². The van der Waals surface area contributed by atoms with Crippen molar-refractivity contribution in [1.29, 1.82) is 0 Å². The van der Waals surface area contributed by atoms with Gasteiger partial charge in [-0.25, -0.2) is 0 Å². The molecular formula is C14H14NO. The van der Waals surface area contributed by atoms with Crippen molar-refractivity contribution in [3.8, 4) is 0 Å². The molecule has 0 aliphatic heterocycles. The minimum Gasteiger partial charge on any atom is -0.352 e. The number of fused-ring (bicyclic) bond motifs is 1. The van der Waals surface area contributed by atoms with E-state index in [-0.39, 0.29) is 12.3 Å². The first kappa shape index (κ1) is 10.7. The molecule has 0 aliphatic carbocycles. The second-order valence-corrected chi connectivity index (χ2v) is 3.67. The molecule has 0 bridgehead atoms. The lowest BCUT2D eigenvalue weighted by molar-refractivity contribution is -0.120. The summed E-state index contributed by atoms with van der Waals surface area (Å²) >= 11 is 0. The molecule has 0 heterocycles. The zero-order chi connectivity index (χ0) is 11.4. The van der Waals surface area contributed by atoms with Crippen LogP contribution in [-0.4, -0.2) is 5.91 Å². The van der Waals surface area contributed by atoms with Crippen LogP contribution in [0.2, 0.25) is 0 Å². The Hall–Kier alpha value is -1.83. The Labute approximate surface area is 95.3 Å². The maximum Gasteiger partial charge on any atom is 0.220 e. The summed E-state index contributed by atoms with van der Waals surface area (Å²) in [7, 11) is 0. The first-order valence-electron chi connectivity index (χ1n) is 5.34. The maximum absolute atomic E-state index is 11.1. The molecule has 2 rings (SSSR count). The van der Waals surface area contributed by atoms with Gasteiger partial charge in [-0.05, 0) is 23.3 Å². The van der Waals surface area contributed by atoms with Gasteiger partial charge in [0.25, 0.3) is 0 Å². The van der Waals surface area contributed by atoms with Crippen LogP contribution in [0.15, 0.2) is 42.5 Å². The summed E-state index contributed by atoms with van der Waals surface area (Å²) in [6, 6.07) is 14.3. The molecule has 0 saturated heterocycles. The van der Waals surface area contributed by atoms with Crippen molar-refractivity contribution in [2.24, 2.45) is 0 Å². The highest BCUT2D eigenvalue weighted by Crippen LogP contribution is 2.18. The van der Waals surface area contributed by atoms with E-state index in [0.29, 0.717) is 6.54 Å². The third kappa shape index (κ3) is 2.22. The molecule has 0 unspecified atom stereocenters. The Balaban J connectivity index is 2.27. The monoisotopic (exact) mass is 212 g/mol. The predicted octanol–water partition coefficient (Wildman–Crippen LogP) is 2.68. The first-order valence-corrected chi connectivity index (χ1v) is 5.34. The number of carbonyl (C=O) groups excluding carboxylic acids is 1. The minimum absolute atomic E-state index is 0.0204. The van der Waals surface area contributed by atoms with Gasteiger partial charge >= 0.3 is 0 Å². The molecule has 0 aromatic heterocycles. The molecule has 2 heteroatoms. The van der Waals surface area contributed by atoms with Crippen molar-refractivity contribution in [1.82, 2.24) is 5.32 Å². The zero-order valence-corrected chi connectivity index (χ0v) is 9.07. The molecule has 0 aliphatic rings. The number of hydrogen-bond donors (Lipinski definition) is 1. The highest BCUT2D eigenvalue weighted by Gasteiger charge is 2.01. The predicted molar refractivity (Wildman–Crippen MR) is 65.8 cm³/mol. The topological polar surface area (TPSA) is 29.1 Å². The third-order valence-electron chi connectivity index (χ3n) is 2.58. The molecule has 81 valence electrons. The van der Waals surface area contributed by atoms with Crippen molar-refractivity contribution in [2.45, 2.75) is 13.0 Å². The van der Waals surface area contributed by atoms with Gasteiger partial charge < -0.3 is 5.32 Å². The van der Waals surface area contributed by atoms with Gasteiger partial charge in [0.2, 0.25) is 5.91 Å². The van der Waals surface area contributed by atoms with Gasteiger partial charge in [0.1, 0.15) is 0 Å². The Morgan fingerprint density at radius 2 is 1.88 bits per heavy atom. The van der Waals surface area contributed by atoms with Gasteiger partial charge in [0, 0.05) is 13.0 Å². The molecule has 16 heavy (non-hydrogen) atoms. The highest BCUT2D eigenvalue weighted by molar-refractivity contribution is 5.86. The lowest BCUT2D eigenvalue weighted by Gasteiger charge is -2.07. The average molecular weight is 212 g/mol. The van der Waals surface area contributed by atoms with Gasteiger partial charge in [-0.1, -0.05) is 42.5 Å². The highest BCUT2D eigenvalue weighted by atomic mass is 16.1. The van der Waals surface area contributed by atoms with Crippen LogP contribution >= 0.6 is 0 Å². The minimum atomic E-state index is -0.0204. The standard InChI is InChI=1S/C14H14NO/c1-2-14(16)15-10-12-8-5-7-11-6-3-4-9-13(11)12/h3-9H,1-2,10H2,(H,15,16). The van der Waals surface area contributed by atoms with Crippen LogP contribution in [0.1, 0.15) is 12.0 Å². The van der Waals surface area contributed by atoms with E-state index in [1.54, 1.807) is 0 Å². The van der Waals surface area contributed by atoms with Crippen LogP contribution in [0.3, 0.4) is 0 Å². The maximum atomic E-state index is 11.1. The normalized spacial score (nSPS) is 10.3. The van der Waals surface area contributed by atoms with Crippen molar-refractivity contribution in [3.63, 3.8) is 0 Å². The lowest BCUT2D eigenvalue weighted by Crippen LogP contribution is -2.21. The molecule has 2 aromatic rings.